The summed E-state index contributed by atoms with van der Waals surface area (Å²) >= 11 is 0. The van der Waals surface area contributed by atoms with Crippen LogP contribution in [-0.4, -0.2) is 40.7 Å². The van der Waals surface area contributed by atoms with Crippen LogP contribution in [0.15, 0.2) is 42.7 Å². The Labute approximate surface area is 130 Å². The van der Waals surface area contributed by atoms with Crippen molar-refractivity contribution in [3.63, 3.8) is 0 Å². The van der Waals surface area contributed by atoms with Gasteiger partial charge in [-0.2, -0.15) is 0 Å². The third-order valence-corrected chi connectivity index (χ3v) is 4.42. The number of carbonyl (C=O) groups is 1. The fraction of sp³-hybridized carbons (Fsp3) is 0.412. The van der Waals surface area contributed by atoms with E-state index < -0.39 is 0 Å². The van der Waals surface area contributed by atoms with E-state index in [4.69, 9.17) is 4.74 Å². The summed E-state index contributed by atoms with van der Waals surface area (Å²) in [6.07, 6.45) is 5.10. The van der Waals surface area contributed by atoms with Crippen molar-refractivity contribution in [2.45, 2.75) is 25.2 Å². The van der Waals surface area contributed by atoms with E-state index in [2.05, 4.69) is 34.2 Å². The molecule has 0 radical (unpaired) electrons. The second-order valence-electron chi connectivity index (χ2n) is 5.57. The van der Waals surface area contributed by atoms with Gasteiger partial charge in [-0.05, 0) is 25.3 Å². The van der Waals surface area contributed by atoms with Gasteiger partial charge in [0.2, 0.25) is 0 Å². The molecule has 0 unspecified atom stereocenters. The normalized spacial score (nSPS) is 17.2. The number of likely N-dealkylation sites (tertiary alicyclic amines) is 1. The average Bonchev–Trinajstić information content (AvgIpc) is 3.11. The molecule has 0 atom stereocenters. The molecule has 1 amide bonds. The maximum atomic E-state index is 11.9. The molecule has 5 heteroatoms. The van der Waals surface area contributed by atoms with Crippen molar-refractivity contribution in [2.24, 2.45) is 0 Å². The van der Waals surface area contributed by atoms with Crippen LogP contribution in [-0.2, 0) is 10.2 Å². The van der Waals surface area contributed by atoms with Crippen LogP contribution in [0.4, 0.5) is 4.79 Å². The number of benzene rings is 1. The van der Waals surface area contributed by atoms with Crippen molar-refractivity contribution in [1.82, 2.24) is 14.9 Å². The summed E-state index contributed by atoms with van der Waals surface area (Å²) in [6, 6.07) is 10.4. The highest BCUT2D eigenvalue weighted by Gasteiger charge is 2.41. The Morgan fingerprint density at radius 3 is 2.64 bits per heavy atom. The van der Waals surface area contributed by atoms with E-state index in [0.29, 0.717) is 19.7 Å². The molecule has 1 aliphatic heterocycles. The van der Waals surface area contributed by atoms with Gasteiger partial charge in [-0.25, -0.2) is 9.78 Å². The molecular weight excluding hydrogens is 278 g/mol. The smallest absolute Gasteiger partial charge is 0.409 e. The standard InChI is InChI=1S/C17H21N3O2/c1-2-22-16(21)20-12-8-17(9-13-20,15-18-10-11-19-15)14-6-4-3-5-7-14/h3-7,10-11H,2,8-9,12-13H2,1H3,(H,18,19). The predicted molar refractivity (Wildman–Crippen MR) is 83.6 cm³/mol. The minimum atomic E-state index is -0.219. The van der Waals surface area contributed by atoms with Gasteiger partial charge >= 0.3 is 6.09 Å². The molecule has 116 valence electrons. The Bertz CT molecular complexity index is 602. The van der Waals surface area contributed by atoms with E-state index in [1.165, 1.54) is 5.56 Å². The van der Waals surface area contributed by atoms with Gasteiger partial charge in [0, 0.05) is 25.5 Å². The zero-order valence-corrected chi connectivity index (χ0v) is 12.8. The Morgan fingerprint density at radius 2 is 2.05 bits per heavy atom. The molecule has 1 fully saturated rings. The Balaban J connectivity index is 1.86. The Hall–Kier alpha value is -2.30. The first-order valence-corrected chi connectivity index (χ1v) is 7.73. The van der Waals surface area contributed by atoms with Crippen molar-refractivity contribution in [1.29, 1.82) is 0 Å². The SMILES string of the molecule is CCOC(=O)N1CCC(c2ccccc2)(c2ncc[nH]2)CC1. The zero-order chi connectivity index (χ0) is 15.4. The number of nitrogens with one attached hydrogen (secondary N) is 1. The summed E-state index contributed by atoms with van der Waals surface area (Å²) in [6.45, 7) is 3.60. The van der Waals surface area contributed by atoms with Crippen LogP contribution < -0.4 is 0 Å². The minimum Gasteiger partial charge on any atom is -0.450 e. The van der Waals surface area contributed by atoms with Crippen LogP contribution in [0, 0.1) is 0 Å². The van der Waals surface area contributed by atoms with Crippen LogP contribution in [0.3, 0.4) is 0 Å². The molecule has 1 aliphatic rings. The van der Waals surface area contributed by atoms with Gasteiger partial charge in [0.05, 0.1) is 12.0 Å². The number of aromatic nitrogens is 2. The number of hydrogen-bond donors (Lipinski definition) is 1. The highest BCUT2D eigenvalue weighted by atomic mass is 16.6. The number of rotatable bonds is 3. The van der Waals surface area contributed by atoms with E-state index in [1.807, 2.05) is 19.2 Å². The topological polar surface area (TPSA) is 58.2 Å². The molecule has 1 aromatic carbocycles. The molecule has 22 heavy (non-hydrogen) atoms. The van der Waals surface area contributed by atoms with Gasteiger partial charge in [-0.1, -0.05) is 30.3 Å². The summed E-state index contributed by atoms with van der Waals surface area (Å²) < 4.78 is 5.11. The predicted octanol–water partition coefficient (Wildman–Crippen LogP) is 2.95. The number of piperidine rings is 1. The minimum absolute atomic E-state index is 0.159. The van der Waals surface area contributed by atoms with Crippen molar-refractivity contribution in [2.75, 3.05) is 19.7 Å². The van der Waals surface area contributed by atoms with Crippen molar-refractivity contribution < 1.29 is 9.53 Å². The first kappa shape index (κ1) is 14.6. The summed E-state index contributed by atoms with van der Waals surface area (Å²) in [7, 11) is 0. The lowest BCUT2D eigenvalue weighted by Gasteiger charge is -2.40. The molecule has 2 aromatic rings. The fourth-order valence-corrected chi connectivity index (χ4v) is 3.23. The number of hydrogen-bond acceptors (Lipinski definition) is 3. The van der Waals surface area contributed by atoms with Crippen LogP contribution in [0.2, 0.25) is 0 Å². The molecule has 1 saturated heterocycles. The Morgan fingerprint density at radius 1 is 1.32 bits per heavy atom. The van der Waals surface area contributed by atoms with Gasteiger partial charge in [0.15, 0.2) is 0 Å². The molecule has 0 aliphatic carbocycles. The number of imidazole rings is 1. The number of ether oxygens (including phenoxy) is 1. The summed E-state index contributed by atoms with van der Waals surface area (Å²) in [4.78, 5) is 21.5. The van der Waals surface area contributed by atoms with E-state index in [1.54, 1.807) is 11.1 Å². The fourth-order valence-electron chi connectivity index (χ4n) is 3.23. The lowest BCUT2D eigenvalue weighted by Crippen LogP contribution is -2.46. The summed E-state index contributed by atoms with van der Waals surface area (Å²) in [5.41, 5.74) is 1.08. The molecule has 2 heterocycles. The van der Waals surface area contributed by atoms with Crippen LogP contribution in [0.25, 0.3) is 0 Å². The second kappa shape index (κ2) is 6.22. The lowest BCUT2D eigenvalue weighted by molar-refractivity contribution is 0.0899. The van der Waals surface area contributed by atoms with Crippen LogP contribution in [0.1, 0.15) is 31.2 Å². The second-order valence-corrected chi connectivity index (χ2v) is 5.57. The molecule has 0 spiro atoms. The largest absolute Gasteiger partial charge is 0.450 e. The molecule has 0 saturated carbocycles. The van der Waals surface area contributed by atoms with E-state index in [0.717, 1.165) is 18.7 Å². The maximum absolute atomic E-state index is 11.9. The molecule has 1 aromatic heterocycles. The molecule has 1 N–H and O–H groups in total. The number of nitrogens with zero attached hydrogens (tertiary/aromatic N) is 2. The lowest BCUT2D eigenvalue weighted by atomic mass is 9.72. The third-order valence-electron chi connectivity index (χ3n) is 4.42. The number of aromatic amines is 1. The number of carbonyl (C=O) groups excluding carboxylic acids is 1. The van der Waals surface area contributed by atoms with Crippen LogP contribution >= 0.6 is 0 Å². The van der Waals surface area contributed by atoms with Crippen LogP contribution in [0.5, 0.6) is 0 Å². The molecule has 0 bridgehead atoms. The van der Waals surface area contributed by atoms with Gasteiger partial charge < -0.3 is 14.6 Å². The average molecular weight is 299 g/mol. The van der Waals surface area contributed by atoms with E-state index >= 15 is 0 Å². The molecular formula is C17H21N3O2. The highest BCUT2D eigenvalue weighted by molar-refractivity contribution is 5.67. The third kappa shape index (κ3) is 2.58. The quantitative estimate of drug-likeness (QED) is 0.948. The summed E-state index contributed by atoms with van der Waals surface area (Å²) in [5.74, 6) is 0.974. The van der Waals surface area contributed by atoms with Gasteiger partial charge in [0.25, 0.3) is 0 Å². The number of H-pyrrole nitrogens is 1. The number of amides is 1. The monoisotopic (exact) mass is 299 g/mol. The molecule has 3 rings (SSSR count). The van der Waals surface area contributed by atoms with Crippen molar-refractivity contribution >= 4 is 6.09 Å². The Kier molecular flexibility index (Phi) is 4.13. The highest BCUT2D eigenvalue weighted by Crippen LogP contribution is 2.40. The van der Waals surface area contributed by atoms with Crippen molar-refractivity contribution in [3.8, 4) is 0 Å². The van der Waals surface area contributed by atoms with Gasteiger partial charge in [0.1, 0.15) is 5.82 Å². The van der Waals surface area contributed by atoms with E-state index in [9.17, 15) is 4.79 Å². The van der Waals surface area contributed by atoms with E-state index in [-0.39, 0.29) is 11.5 Å². The molecule has 5 nitrogen and oxygen atoms in total. The van der Waals surface area contributed by atoms with Gasteiger partial charge in [-0.15, -0.1) is 0 Å². The maximum Gasteiger partial charge on any atom is 0.409 e. The summed E-state index contributed by atoms with van der Waals surface area (Å²) in [5, 5.41) is 0. The van der Waals surface area contributed by atoms with Crippen molar-refractivity contribution in [3.05, 3.63) is 54.1 Å². The first-order chi connectivity index (χ1) is 10.8. The zero-order valence-electron chi connectivity index (χ0n) is 12.8. The van der Waals surface area contributed by atoms with Gasteiger partial charge in [-0.3, -0.25) is 0 Å². The first-order valence-electron chi connectivity index (χ1n) is 7.73.